The third-order valence-corrected chi connectivity index (χ3v) is 2.44. The molecule has 2 N–H and O–H groups in total. The number of carboxylic acids is 1. The molecule has 6 nitrogen and oxygen atoms in total. The topological polar surface area (TPSA) is 92.7 Å². The third kappa shape index (κ3) is 3.81. The van der Waals surface area contributed by atoms with Crippen LogP contribution in [0.2, 0.25) is 0 Å². The molecule has 6 heteroatoms. The van der Waals surface area contributed by atoms with Gasteiger partial charge in [0.1, 0.15) is 0 Å². The van der Waals surface area contributed by atoms with Gasteiger partial charge in [-0.05, 0) is 26.0 Å². The molecule has 0 aliphatic carbocycles. The lowest BCUT2D eigenvalue weighted by atomic mass is 10.0. The molecule has 0 heterocycles. The van der Waals surface area contributed by atoms with Crippen molar-refractivity contribution in [2.45, 2.75) is 33.3 Å². The van der Waals surface area contributed by atoms with E-state index in [0.717, 1.165) is 0 Å². The van der Waals surface area contributed by atoms with Crippen LogP contribution in [0.3, 0.4) is 0 Å². The summed E-state index contributed by atoms with van der Waals surface area (Å²) in [6.45, 7) is 4.98. The Hall–Kier alpha value is -2.37. The SMILES string of the molecule is CCC(=O)Nc1cccc(C(=O)OC(C)C)c1C(=O)O. The first-order chi connectivity index (χ1) is 9.36. The lowest BCUT2D eigenvalue weighted by Gasteiger charge is -2.13. The zero-order valence-corrected chi connectivity index (χ0v) is 11.6. The minimum Gasteiger partial charge on any atom is -0.478 e. The molecule has 1 amide bonds. The Morgan fingerprint density at radius 1 is 1.30 bits per heavy atom. The zero-order valence-electron chi connectivity index (χ0n) is 11.6. The average Bonchev–Trinajstić information content (AvgIpc) is 2.37. The number of anilines is 1. The molecule has 0 aliphatic heterocycles. The van der Waals surface area contributed by atoms with Crippen LogP contribution in [0.1, 0.15) is 47.9 Å². The summed E-state index contributed by atoms with van der Waals surface area (Å²) in [7, 11) is 0. The van der Waals surface area contributed by atoms with E-state index in [4.69, 9.17) is 4.74 Å². The maximum absolute atomic E-state index is 11.9. The number of aromatic carboxylic acids is 1. The fraction of sp³-hybridized carbons (Fsp3) is 0.357. The van der Waals surface area contributed by atoms with E-state index in [9.17, 15) is 19.5 Å². The highest BCUT2D eigenvalue weighted by Gasteiger charge is 2.22. The van der Waals surface area contributed by atoms with Crippen LogP contribution in [0.4, 0.5) is 5.69 Å². The van der Waals surface area contributed by atoms with Gasteiger partial charge in [-0.1, -0.05) is 13.0 Å². The molecule has 1 aromatic rings. The molecule has 0 saturated carbocycles. The van der Waals surface area contributed by atoms with Gasteiger partial charge in [-0.25, -0.2) is 9.59 Å². The van der Waals surface area contributed by atoms with Crippen molar-refractivity contribution in [1.82, 2.24) is 0 Å². The summed E-state index contributed by atoms with van der Waals surface area (Å²) in [6, 6.07) is 4.29. The highest BCUT2D eigenvalue weighted by atomic mass is 16.5. The van der Waals surface area contributed by atoms with Gasteiger partial charge in [0.25, 0.3) is 0 Å². The van der Waals surface area contributed by atoms with Crippen molar-refractivity contribution in [3.8, 4) is 0 Å². The van der Waals surface area contributed by atoms with Crippen LogP contribution in [-0.4, -0.2) is 29.1 Å². The molecule has 0 radical (unpaired) electrons. The molecule has 0 aromatic heterocycles. The minimum atomic E-state index is -1.30. The number of carboxylic acid groups (broad SMARTS) is 1. The summed E-state index contributed by atoms with van der Waals surface area (Å²) in [5.74, 6) is -2.36. The van der Waals surface area contributed by atoms with Crippen LogP contribution in [-0.2, 0) is 9.53 Å². The zero-order chi connectivity index (χ0) is 15.3. The van der Waals surface area contributed by atoms with Crippen LogP contribution in [0, 0.1) is 0 Å². The second-order valence-electron chi connectivity index (χ2n) is 4.39. The Morgan fingerprint density at radius 2 is 1.95 bits per heavy atom. The van der Waals surface area contributed by atoms with Gasteiger partial charge in [0, 0.05) is 6.42 Å². The van der Waals surface area contributed by atoms with Crippen molar-refractivity contribution in [1.29, 1.82) is 0 Å². The van der Waals surface area contributed by atoms with E-state index >= 15 is 0 Å². The number of hydrogen-bond acceptors (Lipinski definition) is 4. The lowest BCUT2D eigenvalue weighted by molar-refractivity contribution is -0.115. The summed E-state index contributed by atoms with van der Waals surface area (Å²) < 4.78 is 5.00. The largest absolute Gasteiger partial charge is 0.478 e. The molecule has 0 atom stereocenters. The monoisotopic (exact) mass is 279 g/mol. The van der Waals surface area contributed by atoms with Crippen molar-refractivity contribution in [3.63, 3.8) is 0 Å². The first-order valence-electron chi connectivity index (χ1n) is 6.24. The van der Waals surface area contributed by atoms with Gasteiger partial charge in [0.2, 0.25) is 5.91 Å². The molecule has 1 rings (SSSR count). The van der Waals surface area contributed by atoms with Crippen LogP contribution < -0.4 is 5.32 Å². The fourth-order valence-corrected chi connectivity index (χ4v) is 1.57. The third-order valence-electron chi connectivity index (χ3n) is 2.44. The predicted octanol–water partition coefficient (Wildman–Crippen LogP) is 2.30. The molecule has 20 heavy (non-hydrogen) atoms. The van der Waals surface area contributed by atoms with Gasteiger partial charge in [0.05, 0.1) is 22.9 Å². The van der Waals surface area contributed by atoms with Crippen LogP contribution in [0.15, 0.2) is 18.2 Å². The summed E-state index contributed by atoms with van der Waals surface area (Å²) >= 11 is 0. The molecule has 0 fully saturated rings. The number of amides is 1. The van der Waals surface area contributed by atoms with Crippen LogP contribution in [0.25, 0.3) is 0 Å². The van der Waals surface area contributed by atoms with Gasteiger partial charge in [0.15, 0.2) is 0 Å². The van der Waals surface area contributed by atoms with E-state index in [1.54, 1.807) is 20.8 Å². The van der Waals surface area contributed by atoms with Gasteiger partial charge in [-0.15, -0.1) is 0 Å². The van der Waals surface area contributed by atoms with E-state index in [0.29, 0.717) is 0 Å². The number of rotatable bonds is 5. The number of esters is 1. The van der Waals surface area contributed by atoms with E-state index in [-0.39, 0.29) is 35.2 Å². The molecule has 108 valence electrons. The van der Waals surface area contributed by atoms with Crippen molar-refractivity contribution in [2.24, 2.45) is 0 Å². The maximum atomic E-state index is 11.9. The van der Waals surface area contributed by atoms with E-state index in [1.807, 2.05) is 0 Å². The predicted molar refractivity (Wildman–Crippen MR) is 72.9 cm³/mol. The normalized spacial score (nSPS) is 10.2. The number of carbonyl (C=O) groups is 3. The number of nitrogens with one attached hydrogen (secondary N) is 1. The molecule has 0 unspecified atom stereocenters. The quantitative estimate of drug-likeness (QED) is 0.807. The van der Waals surface area contributed by atoms with Crippen LogP contribution in [0.5, 0.6) is 0 Å². The second kappa shape index (κ2) is 6.70. The summed E-state index contributed by atoms with van der Waals surface area (Å²) in [6.07, 6.45) is -0.155. The summed E-state index contributed by atoms with van der Waals surface area (Å²) in [4.78, 5) is 34.6. The van der Waals surface area contributed by atoms with E-state index in [2.05, 4.69) is 5.32 Å². The molecule has 0 saturated heterocycles. The van der Waals surface area contributed by atoms with Crippen molar-refractivity contribution < 1.29 is 24.2 Å². The first-order valence-corrected chi connectivity index (χ1v) is 6.24. The lowest BCUT2D eigenvalue weighted by Crippen LogP contribution is -2.19. The Bertz CT molecular complexity index is 536. The molecular formula is C14H17NO5. The maximum Gasteiger partial charge on any atom is 0.339 e. The van der Waals surface area contributed by atoms with Gasteiger partial charge < -0.3 is 15.2 Å². The average molecular weight is 279 g/mol. The molecule has 0 bridgehead atoms. The number of benzene rings is 1. The highest BCUT2D eigenvalue weighted by molar-refractivity contribution is 6.08. The van der Waals surface area contributed by atoms with Crippen molar-refractivity contribution in [3.05, 3.63) is 29.3 Å². The van der Waals surface area contributed by atoms with Gasteiger partial charge in [-0.2, -0.15) is 0 Å². The summed E-state index contributed by atoms with van der Waals surface area (Å²) in [5, 5.41) is 11.7. The molecular weight excluding hydrogens is 262 g/mol. The Kier molecular flexibility index (Phi) is 5.25. The smallest absolute Gasteiger partial charge is 0.339 e. The molecule has 0 aliphatic rings. The standard InChI is InChI=1S/C14H17NO5/c1-4-11(16)15-10-7-5-6-9(12(10)13(17)18)14(19)20-8(2)3/h5-8H,4H2,1-3H3,(H,15,16)(H,17,18). The van der Waals surface area contributed by atoms with E-state index in [1.165, 1.54) is 18.2 Å². The van der Waals surface area contributed by atoms with Crippen molar-refractivity contribution >= 4 is 23.5 Å². The minimum absolute atomic E-state index is 0.0832. The second-order valence-corrected chi connectivity index (χ2v) is 4.39. The van der Waals surface area contributed by atoms with Crippen molar-refractivity contribution in [2.75, 3.05) is 5.32 Å². The first kappa shape index (κ1) is 15.7. The van der Waals surface area contributed by atoms with Crippen LogP contribution >= 0.6 is 0 Å². The fourth-order valence-electron chi connectivity index (χ4n) is 1.57. The Morgan fingerprint density at radius 3 is 2.45 bits per heavy atom. The molecule has 0 spiro atoms. The Labute approximate surface area is 116 Å². The highest BCUT2D eigenvalue weighted by Crippen LogP contribution is 2.21. The van der Waals surface area contributed by atoms with Gasteiger partial charge in [-0.3, -0.25) is 4.79 Å². The number of carbonyl (C=O) groups excluding carboxylic acids is 2. The molecule has 1 aromatic carbocycles. The summed E-state index contributed by atoms with van der Waals surface area (Å²) in [5.41, 5.74) is -0.261. The van der Waals surface area contributed by atoms with Gasteiger partial charge >= 0.3 is 11.9 Å². The van der Waals surface area contributed by atoms with E-state index < -0.39 is 11.9 Å². The number of hydrogen-bond donors (Lipinski definition) is 2. The Balaban J connectivity index is 3.24. The number of ether oxygens (including phenoxy) is 1.